The number of nitrogens with one attached hydrogen (secondary N) is 1. The van der Waals surface area contributed by atoms with Gasteiger partial charge < -0.3 is 5.32 Å². The van der Waals surface area contributed by atoms with E-state index in [9.17, 15) is 0 Å². The van der Waals surface area contributed by atoms with Crippen LogP contribution in [0.4, 0.5) is 0 Å². The van der Waals surface area contributed by atoms with E-state index in [0.29, 0.717) is 6.04 Å². The van der Waals surface area contributed by atoms with Crippen LogP contribution in [0, 0.1) is 13.8 Å². The molecule has 2 rings (SSSR count). The molecule has 4 heteroatoms. The third-order valence-electron chi connectivity index (χ3n) is 2.71. The van der Waals surface area contributed by atoms with Gasteiger partial charge in [0.1, 0.15) is 0 Å². The van der Waals surface area contributed by atoms with Gasteiger partial charge in [-0.25, -0.2) is 4.98 Å². The van der Waals surface area contributed by atoms with Gasteiger partial charge in [-0.2, -0.15) is 0 Å². The molecule has 0 fully saturated rings. The smallest absolute Gasteiger partial charge is 0.0798 e. The zero-order valence-electron chi connectivity index (χ0n) is 9.78. The molecule has 0 bridgehead atoms. The molecule has 86 valence electrons. The van der Waals surface area contributed by atoms with Gasteiger partial charge in [0.15, 0.2) is 0 Å². The Morgan fingerprint density at radius 3 is 2.75 bits per heavy atom. The van der Waals surface area contributed by atoms with Gasteiger partial charge in [-0.1, -0.05) is 0 Å². The monoisotopic (exact) mass is 252 g/mol. The standard InChI is InChI=1S/C12H16N2S2/c1-8-4-5-15-12(8)10(3)13-6-11-9(2)14-7-16-11/h4-5,7,10,13H,6H2,1-3H3. The highest BCUT2D eigenvalue weighted by atomic mass is 32.1. The van der Waals surface area contributed by atoms with Crippen molar-refractivity contribution in [2.24, 2.45) is 0 Å². The molecule has 1 N–H and O–H groups in total. The van der Waals surface area contributed by atoms with Crippen molar-refractivity contribution >= 4 is 22.7 Å². The topological polar surface area (TPSA) is 24.9 Å². The van der Waals surface area contributed by atoms with Gasteiger partial charge in [-0.3, -0.25) is 0 Å². The van der Waals surface area contributed by atoms with E-state index >= 15 is 0 Å². The van der Waals surface area contributed by atoms with Gasteiger partial charge in [0, 0.05) is 22.3 Å². The van der Waals surface area contributed by atoms with Gasteiger partial charge in [0.05, 0.1) is 11.2 Å². The van der Waals surface area contributed by atoms with Crippen molar-refractivity contribution in [1.29, 1.82) is 0 Å². The molecule has 1 atom stereocenters. The summed E-state index contributed by atoms with van der Waals surface area (Å²) >= 11 is 3.55. The number of thiophene rings is 1. The molecular weight excluding hydrogens is 236 g/mol. The van der Waals surface area contributed by atoms with E-state index in [1.54, 1.807) is 11.3 Å². The lowest BCUT2D eigenvalue weighted by molar-refractivity contribution is 0.583. The molecule has 0 saturated carbocycles. The van der Waals surface area contributed by atoms with Crippen LogP contribution in [0.1, 0.15) is 34.0 Å². The largest absolute Gasteiger partial charge is 0.304 e. The lowest BCUT2D eigenvalue weighted by Crippen LogP contribution is -2.17. The van der Waals surface area contributed by atoms with Gasteiger partial charge >= 0.3 is 0 Å². The summed E-state index contributed by atoms with van der Waals surface area (Å²) in [7, 11) is 0. The minimum absolute atomic E-state index is 0.418. The number of nitrogens with zero attached hydrogens (tertiary/aromatic N) is 1. The summed E-state index contributed by atoms with van der Waals surface area (Å²) in [5.41, 5.74) is 4.44. The summed E-state index contributed by atoms with van der Waals surface area (Å²) in [5, 5.41) is 5.70. The van der Waals surface area contributed by atoms with Gasteiger partial charge in [-0.05, 0) is 37.8 Å². The van der Waals surface area contributed by atoms with Crippen molar-refractivity contribution in [3.8, 4) is 0 Å². The normalized spacial score (nSPS) is 12.9. The van der Waals surface area contributed by atoms with Crippen LogP contribution in [0.3, 0.4) is 0 Å². The SMILES string of the molecule is Cc1ccsc1C(C)NCc1scnc1C. The Bertz CT molecular complexity index is 459. The van der Waals surface area contributed by atoms with Crippen molar-refractivity contribution in [2.45, 2.75) is 33.4 Å². The van der Waals surface area contributed by atoms with E-state index in [-0.39, 0.29) is 0 Å². The maximum atomic E-state index is 4.26. The minimum atomic E-state index is 0.418. The third kappa shape index (κ3) is 2.51. The second kappa shape index (κ2) is 5.08. The molecule has 0 aliphatic carbocycles. The quantitative estimate of drug-likeness (QED) is 0.898. The number of aromatic nitrogens is 1. The van der Waals surface area contributed by atoms with Crippen LogP contribution in [-0.2, 0) is 6.54 Å². The molecule has 16 heavy (non-hydrogen) atoms. The second-order valence-electron chi connectivity index (χ2n) is 3.93. The Morgan fingerprint density at radius 2 is 2.19 bits per heavy atom. The average Bonchev–Trinajstić information content (AvgIpc) is 2.84. The first-order valence-electron chi connectivity index (χ1n) is 5.35. The first kappa shape index (κ1) is 11.8. The Labute approximate surface area is 104 Å². The average molecular weight is 252 g/mol. The van der Waals surface area contributed by atoms with Crippen LogP contribution >= 0.6 is 22.7 Å². The highest BCUT2D eigenvalue weighted by molar-refractivity contribution is 7.10. The maximum Gasteiger partial charge on any atom is 0.0798 e. The number of hydrogen-bond acceptors (Lipinski definition) is 4. The first-order chi connectivity index (χ1) is 7.68. The van der Waals surface area contributed by atoms with Crippen LogP contribution in [0.15, 0.2) is 17.0 Å². The van der Waals surface area contributed by atoms with E-state index in [2.05, 4.69) is 42.5 Å². The lowest BCUT2D eigenvalue weighted by atomic mass is 10.2. The summed E-state index contributed by atoms with van der Waals surface area (Å²) in [4.78, 5) is 7.02. The fourth-order valence-electron chi connectivity index (χ4n) is 1.66. The molecule has 2 heterocycles. The molecule has 0 aliphatic heterocycles. The van der Waals surface area contributed by atoms with E-state index in [1.807, 2.05) is 16.8 Å². The number of thiazole rings is 1. The maximum absolute atomic E-state index is 4.26. The number of aryl methyl sites for hydroxylation is 2. The Kier molecular flexibility index (Phi) is 3.74. The van der Waals surface area contributed by atoms with Crippen molar-refractivity contribution in [3.05, 3.63) is 38.0 Å². The molecule has 0 amide bonds. The highest BCUT2D eigenvalue weighted by Gasteiger charge is 2.10. The van der Waals surface area contributed by atoms with Crippen molar-refractivity contribution in [3.63, 3.8) is 0 Å². The van der Waals surface area contributed by atoms with Crippen molar-refractivity contribution in [2.75, 3.05) is 0 Å². The lowest BCUT2D eigenvalue weighted by Gasteiger charge is -2.12. The Morgan fingerprint density at radius 1 is 1.38 bits per heavy atom. The summed E-state index contributed by atoms with van der Waals surface area (Å²) in [6.07, 6.45) is 0. The van der Waals surface area contributed by atoms with E-state index in [1.165, 1.54) is 15.3 Å². The van der Waals surface area contributed by atoms with Crippen molar-refractivity contribution in [1.82, 2.24) is 10.3 Å². The molecule has 1 unspecified atom stereocenters. The first-order valence-corrected chi connectivity index (χ1v) is 7.10. The summed E-state index contributed by atoms with van der Waals surface area (Å²) in [6.45, 7) is 7.36. The summed E-state index contributed by atoms with van der Waals surface area (Å²) < 4.78 is 0. The summed E-state index contributed by atoms with van der Waals surface area (Å²) in [6, 6.07) is 2.59. The molecule has 2 nitrogen and oxygen atoms in total. The van der Waals surface area contributed by atoms with E-state index in [0.717, 1.165) is 12.2 Å². The zero-order valence-corrected chi connectivity index (χ0v) is 11.4. The predicted molar refractivity (Wildman–Crippen MR) is 71.2 cm³/mol. The van der Waals surface area contributed by atoms with Gasteiger partial charge in [0.25, 0.3) is 0 Å². The van der Waals surface area contributed by atoms with Crippen LogP contribution in [-0.4, -0.2) is 4.98 Å². The Hall–Kier alpha value is -0.710. The highest BCUT2D eigenvalue weighted by Crippen LogP contribution is 2.24. The molecule has 0 saturated heterocycles. The number of hydrogen-bond donors (Lipinski definition) is 1. The van der Waals surface area contributed by atoms with Gasteiger partial charge in [-0.15, -0.1) is 22.7 Å². The van der Waals surface area contributed by atoms with Crippen LogP contribution in [0.2, 0.25) is 0 Å². The zero-order chi connectivity index (χ0) is 11.5. The Balaban J connectivity index is 1.97. The molecule has 2 aromatic rings. The molecule has 0 aromatic carbocycles. The van der Waals surface area contributed by atoms with Gasteiger partial charge in [0.2, 0.25) is 0 Å². The molecular formula is C12H16N2S2. The third-order valence-corrected chi connectivity index (χ3v) is 4.85. The minimum Gasteiger partial charge on any atom is -0.304 e. The second-order valence-corrected chi connectivity index (χ2v) is 5.82. The predicted octanol–water partition coefficient (Wildman–Crippen LogP) is 3.67. The fraction of sp³-hybridized carbons (Fsp3) is 0.417. The molecule has 0 spiro atoms. The van der Waals surface area contributed by atoms with Crippen molar-refractivity contribution < 1.29 is 0 Å². The fourth-order valence-corrected chi connectivity index (χ4v) is 3.35. The summed E-state index contributed by atoms with van der Waals surface area (Å²) in [5.74, 6) is 0. The molecule has 0 aliphatic rings. The van der Waals surface area contributed by atoms with E-state index < -0.39 is 0 Å². The number of rotatable bonds is 4. The van der Waals surface area contributed by atoms with Crippen LogP contribution < -0.4 is 5.32 Å². The molecule has 2 aromatic heterocycles. The molecule has 0 radical (unpaired) electrons. The van der Waals surface area contributed by atoms with E-state index in [4.69, 9.17) is 0 Å². The van der Waals surface area contributed by atoms with Crippen LogP contribution in [0.25, 0.3) is 0 Å². The van der Waals surface area contributed by atoms with Crippen LogP contribution in [0.5, 0.6) is 0 Å².